The smallest absolute Gasteiger partial charge is 0.264 e. The van der Waals surface area contributed by atoms with Gasteiger partial charge in [-0.2, -0.15) is 0 Å². The Morgan fingerprint density at radius 1 is 1.05 bits per heavy atom. The number of nitrogen functional groups attached to an aromatic ring is 1. The minimum atomic E-state index is -3.74. The summed E-state index contributed by atoms with van der Waals surface area (Å²) in [5, 5.41) is 7.56. The van der Waals surface area contributed by atoms with Crippen molar-refractivity contribution >= 4 is 32.6 Å². The van der Waals surface area contributed by atoms with E-state index in [1.807, 2.05) is 55.6 Å². The molecule has 38 heavy (non-hydrogen) atoms. The van der Waals surface area contributed by atoms with Gasteiger partial charge in [0.2, 0.25) is 0 Å². The molecule has 0 spiro atoms. The second kappa shape index (κ2) is 10.6. The first-order valence-corrected chi connectivity index (χ1v) is 14.3. The van der Waals surface area contributed by atoms with E-state index in [1.165, 1.54) is 0 Å². The second-order valence-corrected chi connectivity index (χ2v) is 11.9. The number of fused-ring (bicyclic) bond motifs is 1. The molecule has 1 aliphatic rings. The average molecular weight is 531 g/mol. The van der Waals surface area contributed by atoms with Crippen LogP contribution < -0.4 is 10.0 Å². The van der Waals surface area contributed by atoms with Crippen molar-refractivity contribution in [3.63, 3.8) is 0 Å². The van der Waals surface area contributed by atoms with E-state index in [2.05, 4.69) is 16.5 Å². The molecule has 8 nitrogen and oxygen atoms in total. The van der Waals surface area contributed by atoms with Crippen molar-refractivity contribution in [2.75, 3.05) is 24.4 Å². The fourth-order valence-electron chi connectivity index (χ4n) is 5.19. The van der Waals surface area contributed by atoms with Crippen molar-refractivity contribution in [2.24, 2.45) is 12.8 Å². The van der Waals surface area contributed by atoms with Gasteiger partial charge in [0.1, 0.15) is 11.7 Å². The normalized spacial score (nSPS) is 16.2. The molecule has 0 bridgehead atoms. The van der Waals surface area contributed by atoms with E-state index in [4.69, 9.17) is 16.1 Å². The maximum atomic E-state index is 13.8. The molecule has 3 N–H and O–H groups in total. The summed E-state index contributed by atoms with van der Waals surface area (Å²) in [5.41, 5.74) is 9.79. The summed E-state index contributed by atoms with van der Waals surface area (Å²) in [7, 11) is 0.313. The van der Waals surface area contributed by atoms with Crippen molar-refractivity contribution in [1.82, 2.24) is 14.5 Å². The van der Waals surface area contributed by atoms with Gasteiger partial charge in [-0.05, 0) is 68.8 Å². The number of imidazole rings is 1. The van der Waals surface area contributed by atoms with Crippen molar-refractivity contribution in [1.29, 1.82) is 5.41 Å². The molecule has 4 aromatic rings. The lowest BCUT2D eigenvalue weighted by atomic mass is 10.1. The van der Waals surface area contributed by atoms with Crippen LogP contribution in [-0.4, -0.2) is 54.9 Å². The summed E-state index contributed by atoms with van der Waals surface area (Å²) in [6.45, 7) is 1.37. The van der Waals surface area contributed by atoms with Crippen LogP contribution in [0.4, 0.5) is 5.69 Å². The molecule has 1 saturated heterocycles. The van der Waals surface area contributed by atoms with E-state index >= 15 is 0 Å². The van der Waals surface area contributed by atoms with Crippen LogP contribution in [0.3, 0.4) is 0 Å². The summed E-state index contributed by atoms with van der Waals surface area (Å²) >= 11 is 0. The molecule has 1 fully saturated rings. The first-order chi connectivity index (χ1) is 18.2. The number of aryl methyl sites for hydroxylation is 3. The van der Waals surface area contributed by atoms with E-state index < -0.39 is 10.0 Å². The molecule has 198 valence electrons. The fourth-order valence-corrected chi connectivity index (χ4v) is 6.70. The molecule has 0 aliphatic carbocycles. The Hall–Kier alpha value is -3.69. The Bertz CT molecular complexity index is 1550. The molecule has 5 rings (SSSR count). The zero-order chi connectivity index (χ0) is 26.9. The number of sulfonamides is 1. The Kier molecular flexibility index (Phi) is 7.23. The molecule has 0 radical (unpaired) electrons. The SMILES string of the molecule is CN1CCCC1CN(c1ccc2c(c1)nc(CCc1ccc(C(=N)N)cc1)n2C)S(=O)(=O)c1ccccc1. The number of nitrogens with two attached hydrogens (primary N) is 1. The third-order valence-corrected chi connectivity index (χ3v) is 9.33. The van der Waals surface area contributed by atoms with E-state index in [9.17, 15) is 8.42 Å². The first kappa shape index (κ1) is 25.9. The highest BCUT2D eigenvalue weighted by molar-refractivity contribution is 7.92. The molecule has 1 atom stereocenters. The zero-order valence-electron chi connectivity index (χ0n) is 21.8. The third kappa shape index (κ3) is 5.16. The highest BCUT2D eigenvalue weighted by Gasteiger charge is 2.31. The standard InChI is InChI=1S/C29H34N6O2S/c1-33-18-6-7-24(33)20-35(38(36,37)25-8-4-3-5-9-25)23-15-16-27-26(19-23)32-28(34(27)2)17-12-21-10-13-22(14-11-21)29(30)31/h3-5,8-11,13-16,19,24H,6-7,12,17-18,20H2,1-2H3,(H3,30,31). The highest BCUT2D eigenvalue weighted by atomic mass is 32.2. The Morgan fingerprint density at radius 2 is 1.79 bits per heavy atom. The summed E-state index contributed by atoms with van der Waals surface area (Å²) in [6.07, 6.45) is 3.57. The van der Waals surface area contributed by atoms with E-state index in [-0.39, 0.29) is 11.9 Å². The van der Waals surface area contributed by atoms with Crippen LogP contribution in [0.5, 0.6) is 0 Å². The van der Waals surface area contributed by atoms with Crippen molar-refractivity contribution < 1.29 is 8.42 Å². The molecule has 2 heterocycles. The molecular weight excluding hydrogens is 496 g/mol. The molecule has 9 heteroatoms. The van der Waals surface area contributed by atoms with Gasteiger partial charge >= 0.3 is 0 Å². The predicted octanol–water partition coefficient (Wildman–Crippen LogP) is 3.93. The van der Waals surface area contributed by atoms with Gasteiger partial charge in [-0.3, -0.25) is 9.71 Å². The molecule has 0 saturated carbocycles. The van der Waals surface area contributed by atoms with E-state index in [0.717, 1.165) is 54.6 Å². The van der Waals surface area contributed by atoms with Gasteiger partial charge in [-0.1, -0.05) is 42.5 Å². The van der Waals surface area contributed by atoms with Gasteiger partial charge in [-0.15, -0.1) is 0 Å². The number of likely N-dealkylation sites (N-methyl/N-ethyl adjacent to an activating group) is 1. The van der Waals surface area contributed by atoms with Crippen molar-refractivity contribution in [3.8, 4) is 0 Å². The average Bonchev–Trinajstić information content (AvgIpc) is 3.47. The predicted molar refractivity (Wildman–Crippen MR) is 152 cm³/mol. The number of benzene rings is 3. The first-order valence-electron chi connectivity index (χ1n) is 12.9. The lowest BCUT2D eigenvalue weighted by Gasteiger charge is -2.30. The Labute approximate surface area is 224 Å². The zero-order valence-corrected chi connectivity index (χ0v) is 22.7. The maximum Gasteiger partial charge on any atom is 0.264 e. The third-order valence-electron chi connectivity index (χ3n) is 7.53. The second-order valence-electron chi connectivity index (χ2n) is 10.00. The highest BCUT2D eigenvalue weighted by Crippen LogP contribution is 2.30. The molecular formula is C29H34N6O2S. The van der Waals surface area contributed by atoms with Gasteiger partial charge in [0.25, 0.3) is 10.0 Å². The van der Waals surface area contributed by atoms with Crippen molar-refractivity contribution in [2.45, 2.75) is 36.6 Å². The molecule has 0 amide bonds. The summed E-state index contributed by atoms with van der Waals surface area (Å²) < 4.78 is 31.3. The fraction of sp³-hybridized carbons (Fsp3) is 0.310. The van der Waals surface area contributed by atoms with Gasteiger partial charge in [0, 0.05) is 31.6 Å². The summed E-state index contributed by atoms with van der Waals surface area (Å²) in [4.78, 5) is 7.43. The van der Waals surface area contributed by atoms with E-state index in [0.29, 0.717) is 22.7 Å². The van der Waals surface area contributed by atoms with Crippen molar-refractivity contribution in [3.05, 3.63) is 89.7 Å². The maximum absolute atomic E-state index is 13.8. The van der Waals surface area contributed by atoms with Crippen LogP contribution in [0, 0.1) is 5.41 Å². The number of likely N-dealkylation sites (tertiary alicyclic amines) is 1. The topological polar surface area (TPSA) is 108 Å². The number of anilines is 1. The van der Waals surface area contributed by atoms with Crippen LogP contribution in [0.15, 0.2) is 77.7 Å². The van der Waals surface area contributed by atoms with Gasteiger partial charge in [0.15, 0.2) is 0 Å². The number of hydrogen-bond acceptors (Lipinski definition) is 5. The quantitative estimate of drug-likeness (QED) is 0.252. The lowest BCUT2D eigenvalue weighted by Crippen LogP contribution is -2.42. The summed E-state index contributed by atoms with van der Waals surface area (Å²) in [6, 6.07) is 22.3. The van der Waals surface area contributed by atoms with E-state index in [1.54, 1.807) is 28.6 Å². The van der Waals surface area contributed by atoms with Gasteiger partial charge < -0.3 is 15.2 Å². The van der Waals surface area contributed by atoms with Crippen LogP contribution in [0.2, 0.25) is 0 Å². The Balaban J connectivity index is 1.45. The lowest BCUT2D eigenvalue weighted by molar-refractivity contribution is 0.317. The van der Waals surface area contributed by atoms with Crippen LogP contribution in [0.1, 0.15) is 29.8 Å². The number of amidine groups is 1. The van der Waals surface area contributed by atoms with Gasteiger partial charge in [-0.25, -0.2) is 13.4 Å². The van der Waals surface area contributed by atoms with Crippen LogP contribution in [-0.2, 0) is 29.9 Å². The van der Waals surface area contributed by atoms with Crippen LogP contribution in [0.25, 0.3) is 11.0 Å². The molecule has 1 unspecified atom stereocenters. The minimum Gasteiger partial charge on any atom is -0.384 e. The minimum absolute atomic E-state index is 0.0607. The Morgan fingerprint density at radius 3 is 2.45 bits per heavy atom. The largest absolute Gasteiger partial charge is 0.384 e. The molecule has 1 aromatic heterocycles. The number of nitrogens with one attached hydrogen (secondary N) is 1. The number of aromatic nitrogens is 2. The number of hydrogen-bond donors (Lipinski definition) is 2. The molecule has 3 aromatic carbocycles. The van der Waals surface area contributed by atoms with Crippen LogP contribution >= 0.6 is 0 Å². The monoisotopic (exact) mass is 530 g/mol. The summed E-state index contributed by atoms with van der Waals surface area (Å²) in [5.74, 6) is 0.992. The molecule has 1 aliphatic heterocycles. The number of nitrogens with zero attached hydrogens (tertiary/aromatic N) is 4. The number of rotatable bonds is 9. The van der Waals surface area contributed by atoms with Gasteiger partial charge in [0.05, 0.1) is 21.6 Å².